The number of hydrazine groups is 1. The number of nitrogens with zero attached hydrogens (tertiary/aromatic N) is 3. The lowest BCUT2D eigenvalue weighted by Crippen LogP contribution is -2.64. The van der Waals surface area contributed by atoms with Gasteiger partial charge < -0.3 is 25.1 Å². The molecule has 0 saturated carbocycles. The number of benzene rings is 1. The molecule has 0 aliphatic carbocycles. The van der Waals surface area contributed by atoms with Crippen molar-refractivity contribution in [1.29, 1.82) is 0 Å². The van der Waals surface area contributed by atoms with E-state index in [4.69, 9.17) is 5.11 Å². The van der Waals surface area contributed by atoms with Crippen LogP contribution < -0.4 is 10.6 Å². The van der Waals surface area contributed by atoms with Crippen LogP contribution in [0.1, 0.15) is 42.6 Å². The molecule has 2 aromatic rings. The topological polar surface area (TPSA) is 158 Å². The van der Waals surface area contributed by atoms with Crippen molar-refractivity contribution >= 4 is 46.8 Å². The van der Waals surface area contributed by atoms with Crippen LogP contribution in [0.4, 0.5) is 0 Å². The van der Waals surface area contributed by atoms with Crippen molar-refractivity contribution in [3.63, 3.8) is 0 Å². The van der Waals surface area contributed by atoms with E-state index in [0.29, 0.717) is 18.4 Å². The van der Waals surface area contributed by atoms with Crippen LogP contribution in [-0.2, 0) is 31.0 Å². The molecule has 0 bridgehead atoms. The van der Waals surface area contributed by atoms with Gasteiger partial charge in [0, 0.05) is 30.9 Å². The van der Waals surface area contributed by atoms with Crippen molar-refractivity contribution in [2.75, 3.05) is 6.54 Å². The summed E-state index contributed by atoms with van der Waals surface area (Å²) in [5.74, 6) is -3.48. The minimum Gasteiger partial charge on any atom is -0.481 e. The highest BCUT2D eigenvalue weighted by Crippen LogP contribution is 2.26. The molecule has 0 unspecified atom stereocenters. The number of aromatic nitrogens is 1. The van der Waals surface area contributed by atoms with Gasteiger partial charge in [0.1, 0.15) is 24.1 Å². The Labute approximate surface area is 206 Å². The number of carbonyl (C=O) groups is 6. The lowest BCUT2D eigenvalue weighted by atomic mass is 10.0. The number of hydrogen-bond donors (Lipinski definition) is 3. The van der Waals surface area contributed by atoms with E-state index in [-0.39, 0.29) is 31.7 Å². The van der Waals surface area contributed by atoms with Crippen LogP contribution in [0.2, 0.25) is 0 Å². The molecule has 3 atom stereocenters. The zero-order chi connectivity index (χ0) is 26.0. The molecule has 36 heavy (non-hydrogen) atoms. The molecular weight excluding hydrogens is 470 g/mol. The number of carboxylic acids is 1. The summed E-state index contributed by atoms with van der Waals surface area (Å²) in [5.41, 5.74) is 1.18. The summed E-state index contributed by atoms with van der Waals surface area (Å²) in [5, 5.41) is 17.2. The molecule has 3 N–H and O–H groups in total. The van der Waals surface area contributed by atoms with Crippen molar-refractivity contribution < 1.29 is 33.9 Å². The molecule has 12 nitrogen and oxygen atoms in total. The Kier molecular flexibility index (Phi) is 7.04. The number of hydrogen-bond acceptors (Lipinski definition) is 6. The number of aldehydes is 1. The van der Waals surface area contributed by atoms with E-state index >= 15 is 0 Å². The average molecular weight is 498 g/mol. The molecule has 2 saturated heterocycles. The molecule has 0 radical (unpaired) electrons. The van der Waals surface area contributed by atoms with E-state index in [1.807, 2.05) is 24.3 Å². The van der Waals surface area contributed by atoms with Gasteiger partial charge in [-0.25, -0.2) is 5.01 Å². The first-order chi connectivity index (χ1) is 17.2. The zero-order valence-electron chi connectivity index (χ0n) is 19.7. The molecule has 4 rings (SSSR count). The van der Waals surface area contributed by atoms with Gasteiger partial charge in [-0.3, -0.25) is 29.0 Å². The monoisotopic (exact) mass is 497 g/mol. The van der Waals surface area contributed by atoms with Gasteiger partial charge in [-0.2, -0.15) is 0 Å². The largest absolute Gasteiger partial charge is 0.481 e. The van der Waals surface area contributed by atoms with Crippen LogP contribution in [0.5, 0.6) is 0 Å². The Balaban J connectivity index is 1.56. The summed E-state index contributed by atoms with van der Waals surface area (Å²) >= 11 is 0. The van der Waals surface area contributed by atoms with Crippen molar-refractivity contribution in [3.05, 3.63) is 36.0 Å². The minimum atomic E-state index is -1.27. The number of aliphatic carboxylic acids is 1. The highest BCUT2D eigenvalue weighted by atomic mass is 16.4. The van der Waals surface area contributed by atoms with Crippen molar-refractivity contribution in [2.24, 2.45) is 7.05 Å². The van der Waals surface area contributed by atoms with E-state index < -0.39 is 48.2 Å². The summed E-state index contributed by atoms with van der Waals surface area (Å²) in [6.45, 7) is 0.227. The van der Waals surface area contributed by atoms with Gasteiger partial charge in [-0.1, -0.05) is 18.2 Å². The molecule has 2 aliphatic heterocycles. The van der Waals surface area contributed by atoms with Crippen LogP contribution in [0.3, 0.4) is 0 Å². The number of aryl methyl sites for hydroxylation is 1. The summed E-state index contributed by atoms with van der Waals surface area (Å²) in [7, 11) is 1.74. The van der Waals surface area contributed by atoms with E-state index in [1.54, 1.807) is 17.7 Å². The predicted octanol–water partition coefficient (Wildman–Crippen LogP) is -0.0365. The molecule has 1 aromatic heterocycles. The number of fused-ring (bicyclic) bond motifs is 2. The van der Waals surface area contributed by atoms with Crippen LogP contribution in [-0.4, -0.2) is 80.2 Å². The number of carbonyl (C=O) groups excluding carboxylic acids is 5. The Bertz CT molecular complexity index is 1240. The SMILES string of the molecule is Cn1c(C(=O)N[C@H]2CCC(=O)N3CCC[C@@H](C(=O)N[C@H](C=O)CC(=O)O)N3C2=O)cc2ccccc21. The lowest BCUT2D eigenvalue weighted by Gasteiger charge is -2.43. The third-order valence-electron chi connectivity index (χ3n) is 6.54. The van der Waals surface area contributed by atoms with Crippen LogP contribution in [0, 0.1) is 0 Å². The van der Waals surface area contributed by atoms with Crippen molar-refractivity contribution in [3.8, 4) is 0 Å². The molecule has 4 amide bonds. The fourth-order valence-corrected chi connectivity index (χ4v) is 4.75. The quantitative estimate of drug-likeness (QED) is 0.453. The predicted molar refractivity (Wildman–Crippen MR) is 125 cm³/mol. The smallest absolute Gasteiger partial charge is 0.305 e. The second-order valence-corrected chi connectivity index (χ2v) is 8.92. The maximum absolute atomic E-state index is 13.6. The first kappa shape index (κ1) is 24.9. The Hall–Kier alpha value is -4.22. The first-order valence-electron chi connectivity index (χ1n) is 11.7. The zero-order valence-corrected chi connectivity index (χ0v) is 19.7. The van der Waals surface area contributed by atoms with Crippen LogP contribution in [0.25, 0.3) is 10.9 Å². The third kappa shape index (κ3) is 4.79. The average Bonchev–Trinajstić information content (AvgIpc) is 3.15. The van der Waals surface area contributed by atoms with Crippen molar-refractivity contribution in [2.45, 2.75) is 50.2 Å². The fourth-order valence-electron chi connectivity index (χ4n) is 4.75. The van der Waals surface area contributed by atoms with Crippen molar-refractivity contribution in [1.82, 2.24) is 25.2 Å². The highest BCUT2D eigenvalue weighted by molar-refractivity contribution is 6.02. The lowest BCUT2D eigenvalue weighted by molar-refractivity contribution is -0.176. The maximum atomic E-state index is 13.6. The van der Waals surface area contributed by atoms with Gasteiger partial charge >= 0.3 is 5.97 Å². The summed E-state index contributed by atoms with van der Waals surface area (Å²) in [4.78, 5) is 74.7. The maximum Gasteiger partial charge on any atom is 0.305 e. The summed E-state index contributed by atoms with van der Waals surface area (Å²) in [6.07, 6.45) is 0.406. The molecule has 12 heteroatoms. The number of carboxylic acid groups (broad SMARTS) is 1. The summed E-state index contributed by atoms with van der Waals surface area (Å²) < 4.78 is 1.71. The number of nitrogens with one attached hydrogen (secondary N) is 2. The molecule has 3 heterocycles. The molecule has 2 fully saturated rings. The van der Waals surface area contributed by atoms with Gasteiger partial charge in [-0.05, 0) is 31.4 Å². The molecule has 190 valence electrons. The van der Waals surface area contributed by atoms with Crippen LogP contribution >= 0.6 is 0 Å². The second kappa shape index (κ2) is 10.2. The Morgan fingerprint density at radius 3 is 2.64 bits per heavy atom. The Morgan fingerprint density at radius 2 is 1.94 bits per heavy atom. The standard InChI is InChI=1S/C24H27N5O7/c1-27-17-6-3-2-5-14(17)11-19(27)23(35)26-16-8-9-20(31)28-10-4-7-18(29(28)24(16)36)22(34)25-15(13-30)12-21(32)33/h2-3,5-6,11,13,15-16,18H,4,7-10,12H2,1H3,(H,25,34)(H,26,35)(H,32,33)/t15-,16-,18-/m0/s1. The highest BCUT2D eigenvalue weighted by Gasteiger charge is 2.45. The normalized spacial score (nSPS) is 20.9. The molecule has 0 spiro atoms. The number of rotatable bonds is 7. The van der Waals surface area contributed by atoms with E-state index in [2.05, 4.69) is 10.6 Å². The van der Waals surface area contributed by atoms with Gasteiger partial charge in [0.05, 0.1) is 12.5 Å². The number of para-hydroxylation sites is 1. The third-order valence-corrected chi connectivity index (χ3v) is 6.54. The van der Waals surface area contributed by atoms with E-state index in [1.165, 1.54) is 5.01 Å². The second-order valence-electron chi connectivity index (χ2n) is 8.92. The van der Waals surface area contributed by atoms with Gasteiger partial charge in [0.2, 0.25) is 11.8 Å². The molecular formula is C24H27N5O7. The van der Waals surface area contributed by atoms with E-state index in [9.17, 15) is 28.8 Å². The molecule has 2 aliphatic rings. The molecule has 1 aromatic carbocycles. The summed E-state index contributed by atoms with van der Waals surface area (Å²) in [6, 6.07) is 5.70. The number of amides is 4. The van der Waals surface area contributed by atoms with Gasteiger partial charge in [-0.15, -0.1) is 0 Å². The Morgan fingerprint density at radius 1 is 1.19 bits per heavy atom. The minimum absolute atomic E-state index is 0.00733. The van der Waals surface area contributed by atoms with Gasteiger partial charge in [0.15, 0.2) is 0 Å². The first-order valence-corrected chi connectivity index (χ1v) is 11.7. The van der Waals surface area contributed by atoms with Gasteiger partial charge in [0.25, 0.3) is 11.8 Å². The van der Waals surface area contributed by atoms with E-state index in [0.717, 1.165) is 15.9 Å². The fraction of sp³-hybridized carbons (Fsp3) is 0.417. The van der Waals surface area contributed by atoms with Crippen LogP contribution in [0.15, 0.2) is 30.3 Å².